The standard InChI is InChI=1S/C31H33NO5/c1-3-5-20-37-25-17-16-24(21-26(25)36-4-2)28-27(29(33)23-14-10-7-11-15-23)30(34)31(35)32(28)19-18-22-12-8-6-9-13-22/h6-17,21,28,33H,3-5,18-20H2,1-2H3. The van der Waals surface area contributed by atoms with E-state index in [1.807, 2.05) is 61.5 Å². The molecule has 4 rings (SSSR count). The summed E-state index contributed by atoms with van der Waals surface area (Å²) in [5, 5.41) is 11.2. The first-order valence-electron chi connectivity index (χ1n) is 12.8. The lowest BCUT2D eigenvalue weighted by atomic mass is 9.95. The predicted octanol–water partition coefficient (Wildman–Crippen LogP) is 5.93. The highest BCUT2D eigenvalue weighted by Gasteiger charge is 2.46. The molecule has 0 saturated carbocycles. The van der Waals surface area contributed by atoms with E-state index in [4.69, 9.17) is 9.47 Å². The molecule has 0 spiro atoms. The van der Waals surface area contributed by atoms with E-state index in [0.717, 1.165) is 18.4 Å². The highest BCUT2D eigenvalue weighted by molar-refractivity contribution is 6.46. The Labute approximate surface area is 218 Å². The van der Waals surface area contributed by atoms with Crippen LogP contribution < -0.4 is 9.47 Å². The average Bonchev–Trinajstić information content (AvgIpc) is 3.18. The third kappa shape index (κ3) is 5.85. The number of hydrogen-bond acceptors (Lipinski definition) is 5. The van der Waals surface area contributed by atoms with Crippen LogP contribution in [0.25, 0.3) is 5.76 Å². The first-order chi connectivity index (χ1) is 18.0. The minimum atomic E-state index is -0.757. The Kier molecular flexibility index (Phi) is 8.62. The largest absolute Gasteiger partial charge is 0.507 e. The van der Waals surface area contributed by atoms with E-state index in [1.54, 1.807) is 29.2 Å². The van der Waals surface area contributed by atoms with Gasteiger partial charge in [0.15, 0.2) is 11.5 Å². The quantitative estimate of drug-likeness (QED) is 0.153. The summed E-state index contributed by atoms with van der Waals surface area (Å²) < 4.78 is 11.8. The van der Waals surface area contributed by atoms with Crippen molar-refractivity contribution in [3.8, 4) is 11.5 Å². The number of rotatable bonds is 11. The van der Waals surface area contributed by atoms with Crippen LogP contribution in [0.1, 0.15) is 49.4 Å². The van der Waals surface area contributed by atoms with Crippen LogP contribution in [0.4, 0.5) is 0 Å². The van der Waals surface area contributed by atoms with Gasteiger partial charge in [0.25, 0.3) is 11.7 Å². The lowest BCUT2D eigenvalue weighted by Crippen LogP contribution is -2.31. The Balaban J connectivity index is 1.78. The third-order valence-corrected chi connectivity index (χ3v) is 6.41. The Morgan fingerprint density at radius 2 is 1.59 bits per heavy atom. The summed E-state index contributed by atoms with van der Waals surface area (Å²) in [7, 11) is 0. The minimum Gasteiger partial charge on any atom is -0.507 e. The fraction of sp³-hybridized carbons (Fsp3) is 0.290. The van der Waals surface area contributed by atoms with Gasteiger partial charge in [0.2, 0.25) is 0 Å². The lowest BCUT2D eigenvalue weighted by molar-refractivity contribution is -0.139. The molecular weight excluding hydrogens is 466 g/mol. The molecule has 3 aromatic rings. The summed E-state index contributed by atoms with van der Waals surface area (Å²) in [6.07, 6.45) is 2.51. The Morgan fingerprint density at radius 1 is 0.892 bits per heavy atom. The highest BCUT2D eigenvalue weighted by Crippen LogP contribution is 2.42. The van der Waals surface area contributed by atoms with Gasteiger partial charge in [0, 0.05) is 12.1 Å². The van der Waals surface area contributed by atoms with Crippen molar-refractivity contribution < 1.29 is 24.2 Å². The van der Waals surface area contributed by atoms with E-state index >= 15 is 0 Å². The number of benzene rings is 3. The van der Waals surface area contributed by atoms with Crippen LogP contribution in [-0.4, -0.2) is 41.5 Å². The lowest BCUT2D eigenvalue weighted by Gasteiger charge is -2.26. The van der Waals surface area contributed by atoms with Gasteiger partial charge in [-0.25, -0.2) is 0 Å². The summed E-state index contributed by atoms with van der Waals surface area (Å²) in [6, 6.07) is 23.4. The second-order valence-electron chi connectivity index (χ2n) is 8.94. The molecule has 1 unspecified atom stereocenters. The first-order valence-corrected chi connectivity index (χ1v) is 12.8. The number of likely N-dealkylation sites (tertiary alicyclic amines) is 1. The number of nitrogens with zero attached hydrogens (tertiary/aromatic N) is 1. The van der Waals surface area contributed by atoms with E-state index in [-0.39, 0.29) is 11.3 Å². The van der Waals surface area contributed by atoms with E-state index < -0.39 is 17.7 Å². The zero-order valence-corrected chi connectivity index (χ0v) is 21.4. The molecule has 1 aliphatic rings. The number of carbonyl (C=O) groups excluding carboxylic acids is 2. The van der Waals surface area contributed by atoms with Gasteiger partial charge in [-0.05, 0) is 43.0 Å². The summed E-state index contributed by atoms with van der Waals surface area (Å²) in [5.74, 6) is -0.347. The maximum Gasteiger partial charge on any atom is 0.295 e. The monoisotopic (exact) mass is 499 g/mol. The number of aliphatic hydroxyl groups excluding tert-OH is 1. The molecule has 1 aliphatic heterocycles. The molecule has 0 bridgehead atoms. The van der Waals surface area contributed by atoms with Crippen LogP contribution in [0, 0.1) is 0 Å². The van der Waals surface area contributed by atoms with Crippen LogP contribution in [-0.2, 0) is 16.0 Å². The Morgan fingerprint density at radius 3 is 2.27 bits per heavy atom. The minimum absolute atomic E-state index is 0.0753. The van der Waals surface area contributed by atoms with Gasteiger partial charge >= 0.3 is 0 Å². The van der Waals surface area contributed by atoms with Crippen LogP contribution in [0.15, 0.2) is 84.4 Å². The van der Waals surface area contributed by atoms with E-state index in [1.165, 1.54) is 0 Å². The number of amides is 1. The van der Waals surface area contributed by atoms with Crippen molar-refractivity contribution in [1.29, 1.82) is 0 Å². The van der Waals surface area contributed by atoms with Crippen molar-refractivity contribution in [2.24, 2.45) is 0 Å². The fourth-order valence-electron chi connectivity index (χ4n) is 4.51. The molecule has 1 saturated heterocycles. The van der Waals surface area contributed by atoms with Gasteiger partial charge in [-0.15, -0.1) is 0 Å². The van der Waals surface area contributed by atoms with Gasteiger partial charge in [-0.2, -0.15) is 0 Å². The molecule has 0 aliphatic carbocycles. The van der Waals surface area contributed by atoms with Crippen LogP contribution in [0.5, 0.6) is 11.5 Å². The van der Waals surface area contributed by atoms with Crippen LogP contribution in [0.2, 0.25) is 0 Å². The van der Waals surface area contributed by atoms with Gasteiger partial charge in [-0.3, -0.25) is 9.59 Å². The molecule has 1 amide bonds. The molecule has 3 aromatic carbocycles. The molecule has 192 valence electrons. The molecule has 0 aromatic heterocycles. The van der Waals surface area contributed by atoms with Crippen molar-refractivity contribution >= 4 is 17.4 Å². The first kappa shape index (κ1) is 26.0. The zero-order valence-electron chi connectivity index (χ0n) is 21.4. The molecule has 1 atom stereocenters. The molecular formula is C31H33NO5. The average molecular weight is 500 g/mol. The SMILES string of the molecule is CCCCOc1ccc(C2C(=C(O)c3ccccc3)C(=O)C(=O)N2CCc2ccccc2)cc1OCC. The molecule has 1 heterocycles. The summed E-state index contributed by atoms with van der Waals surface area (Å²) in [6.45, 7) is 5.32. The number of hydrogen-bond donors (Lipinski definition) is 1. The third-order valence-electron chi connectivity index (χ3n) is 6.41. The molecule has 1 fully saturated rings. The van der Waals surface area contributed by atoms with Gasteiger partial charge < -0.3 is 19.5 Å². The smallest absolute Gasteiger partial charge is 0.295 e. The van der Waals surface area contributed by atoms with Gasteiger partial charge in [-0.1, -0.05) is 80.1 Å². The Hall–Kier alpha value is -4.06. The second kappa shape index (κ2) is 12.3. The predicted molar refractivity (Wildman–Crippen MR) is 144 cm³/mol. The van der Waals surface area contributed by atoms with Crippen molar-refractivity contribution in [2.45, 2.75) is 39.2 Å². The van der Waals surface area contributed by atoms with Gasteiger partial charge in [0.1, 0.15) is 5.76 Å². The number of ether oxygens (including phenoxy) is 2. The maximum absolute atomic E-state index is 13.3. The van der Waals surface area contributed by atoms with E-state index in [9.17, 15) is 14.7 Å². The van der Waals surface area contributed by atoms with E-state index in [0.29, 0.717) is 48.8 Å². The van der Waals surface area contributed by atoms with Gasteiger partial charge in [0.05, 0.1) is 24.8 Å². The number of Topliss-reactive ketones (excluding diaryl/α,β-unsaturated/α-hetero) is 1. The van der Waals surface area contributed by atoms with Crippen molar-refractivity contribution in [3.05, 3.63) is 101 Å². The normalized spacial score (nSPS) is 16.7. The number of unbranched alkanes of at least 4 members (excludes halogenated alkanes) is 1. The molecule has 6 nitrogen and oxygen atoms in total. The summed E-state index contributed by atoms with van der Waals surface area (Å²) in [4.78, 5) is 28.1. The van der Waals surface area contributed by atoms with Crippen molar-refractivity contribution in [2.75, 3.05) is 19.8 Å². The Bertz CT molecular complexity index is 1250. The molecule has 6 heteroatoms. The molecule has 37 heavy (non-hydrogen) atoms. The highest BCUT2D eigenvalue weighted by atomic mass is 16.5. The van der Waals surface area contributed by atoms with Crippen LogP contribution in [0.3, 0.4) is 0 Å². The summed E-state index contributed by atoms with van der Waals surface area (Å²) >= 11 is 0. The molecule has 0 radical (unpaired) electrons. The zero-order chi connectivity index (χ0) is 26.2. The van der Waals surface area contributed by atoms with Crippen molar-refractivity contribution in [3.63, 3.8) is 0 Å². The topological polar surface area (TPSA) is 76.1 Å². The molecule has 1 N–H and O–H groups in total. The maximum atomic E-state index is 13.3. The van der Waals surface area contributed by atoms with Crippen molar-refractivity contribution in [1.82, 2.24) is 4.90 Å². The summed E-state index contributed by atoms with van der Waals surface area (Å²) in [5.41, 5.74) is 2.29. The number of carbonyl (C=O) groups is 2. The second-order valence-corrected chi connectivity index (χ2v) is 8.94. The van der Waals surface area contributed by atoms with E-state index in [2.05, 4.69) is 6.92 Å². The number of aliphatic hydroxyl groups is 1. The van der Waals surface area contributed by atoms with Crippen LogP contribution >= 0.6 is 0 Å². The fourth-order valence-corrected chi connectivity index (χ4v) is 4.51. The number of ketones is 1.